The van der Waals surface area contributed by atoms with E-state index >= 15 is 0 Å². The molecule has 1 saturated heterocycles. The number of nitrogens with zero attached hydrogens (tertiary/aromatic N) is 4. The summed E-state index contributed by atoms with van der Waals surface area (Å²) in [6, 6.07) is 8.01. The zero-order valence-electron chi connectivity index (χ0n) is 19.1. The lowest BCUT2D eigenvalue weighted by Crippen LogP contribution is -2.51. The van der Waals surface area contributed by atoms with Crippen molar-refractivity contribution in [1.82, 2.24) is 19.4 Å². The molecule has 0 N–H and O–H groups in total. The molecule has 8 nitrogen and oxygen atoms in total. The molecule has 0 saturated carbocycles. The van der Waals surface area contributed by atoms with Crippen LogP contribution in [-0.4, -0.2) is 69.9 Å². The van der Waals surface area contributed by atoms with E-state index in [2.05, 4.69) is 4.98 Å². The number of aromatic nitrogens is 2. The highest BCUT2D eigenvalue weighted by Gasteiger charge is 2.25. The van der Waals surface area contributed by atoms with Crippen molar-refractivity contribution in [1.29, 1.82) is 0 Å². The molecule has 0 atom stereocenters. The van der Waals surface area contributed by atoms with E-state index in [1.165, 1.54) is 16.3 Å². The van der Waals surface area contributed by atoms with Crippen LogP contribution in [-0.2, 0) is 23.0 Å². The lowest BCUT2D eigenvalue weighted by atomic mass is 10.0. The Labute approximate surface area is 192 Å². The van der Waals surface area contributed by atoms with Gasteiger partial charge in [-0.3, -0.25) is 14.2 Å². The van der Waals surface area contributed by atoms with Gasteiger partial charge in [-0.2, -0.15) is 0 Å². The monoisotopic (exact) mass is 458 g/mol. The van der Waals surface area contributed by atoms with E-state index in [1.807, 2.05) is 38.1 Å². The van der Waals surface area contributed by atoms with Crippen molar-refractivity contribution in [2.75, 3.05) is 38.5 Å². The summed E-state index contributed by atoms with van der Waals surface area (Å²) in [5, 5.41) is 0.527. The third-order valence-electron chi connectivity index (χ3n) is 5.66. The molecule has 2 heterocycles. The van der Waals surface area contributed by atoms with Crippen molar-refractivity contribution in [3.8, 4) is 0 Å². The van der Waals surface area contributed by atoms with Gasteiger partial charge in [0.25, 0.3) is 5.56 Å². The predicted octanol–water partition coefficient (Wildman–Crippen LogP) is 2.38. The summed E-state index contributed by atoms with van der Waals surface area (Å²) in [7, 11) is 1.70. The number of carbonyl (C=O) groups is 2. The second kappa shape index (κ2) is 10.7. The van der Waals surface area contributed by atoms with Crippen LogP contribution in [0.5, 0.6) is 0 Å². The van der Waals surface area contributed by atoms with Crippen molar-refractivity contribution < 1.29 is 14.3 Å². The van der Waals surface area contributed by atoms with Gasteiger partial charge in [-0.1, -0.05) is 36.0 Å². The first-order valence-corrected chi connectivity index (χ1v) is 11.7. The van der Waals surface area contributed by atoms with E-state index in [1.54, 1.807) is 23.8 Å². The van der Waals surface area contributed by atoms with Gasteiger partial charge in [-0.25, -0.2) is 9.78 Å². The molecular weight excluding hydrogens is 428 g/mol. The SMILES string of the molecule is CCOC(=O)N1CCN(C(=O)CSc2nc(C)c(Cc3ccccc3C)c(=O)n2C)CC1. The maximum Gasteiger partial charge on any atom is 0.409 e. The van der Waals surface area contributed by atoms with E-state index in [-0.39, 0.29) is 23.3 Å². The molecule has 0 spiro atoms. The summed E-state index contributed by atoms with van der Waals surface area (Å²) in [6.07, 6.45) is 0.196. The van der Waals surface area contributed by atoms with Gasteiger partial charge in [0.1, 0.15) is 0 Å². The number of amides is 2. The Morgan fingerprint density at radius 2 is 1.75 bits per heavy atom. The van der Waals surface area contributed by atoms with Crippen LogP contribution in [0.25, 0.3) is 0 Å². The quantitative estimate of drug-likeness (QED) is 0.488. The Kier molecular flexibility index (Phi) is 7.95. The molecule has 1 aromatic carbocycles. The lowest BCUT2D eigenvalue weighted by molar-refractivity contribution is -0.129. The summed E-state index contributed by atoms with van der Waals surface area (Å²) >= 11 is 1.27. The van der Waals surface area contributed by atoms with E-state index in [9.17, 15) is 14.4 Å². The van der Waals surface area contributed by atoms with Crippen LogP contribution < -0.4 is 5.56 Å². The number of piperazine rings is 1. The highest BCUT2D eigenvalue weighted by Crippen LogP contribution is 2.19. The Morgan fingerprint density at radius 1 is 1.09 bits per heavy atom. The number of aryl methyl sites for hydroxylation is 2. The molecule has 0 unspecified atom stereocenters. The highest BCUT2D eigenvalue weighted by molar-refractivity contribution is 7.99. The molecular formula is C23H30N4O4S. The van der Waals surface area contributed by atoms with Gasteiger partial charge in [0.05, 0.1) is 12.4 Å². The van der Waals surface area contributed by atoms with Crippen LogP contribution in [0, 0.1) is 13.8 Å². The fourth-order valence-corrected chi connectivity index (χ4v) is 4.55. The number of hydrogen-bond donors (Lipinski definition) is 0. The van der Waals surface area contributed by atoms with Crippen molar-refractivity contribution in [3.63, 3.8) is 0 Å². The second-order valence-electron chi connectivity index (χ2n) is 7.78. The molecule has 2 amide bonds. The van der Waals surface area contributed by atoms with E-state index in [0.717, 1.165) is 11.1 Å². The van der Waals surface area contributed by atoms with Gasteiger partial charge in [0.15, 0.2) is 5.16 Å². The van der Waals surface area contributed by atoms with Crippen LogP contribution in [0.15, 0.2) is 34.2 Å². The molecule has 0 aliphatic carbocycles. The van der Waals surface area contributed by atoms with E-state index in [4.69, 9.17) is 4.74 Å². The van der Waals surface area contributed by atoms with Crippen molar-refractivity contribution in [3.05, 3.63) is 57.0 Å². The average Bonchev–Trinajstić information content (AvgIpc) is 2.79. The average molecular weight is 459 g/mol. The van der Waals surface area contributed by atoms with Crippen LogP contribution in [0.3, 0.4) is 0 Å². The maximum atomic E-state index is 13.0. The fourth-order valence-electron chi connectivity index (χ4n) is 3.63. The standard InChI is InChI=1S/C23H30N4O4S/c1-5-31-23(30)27-12-10-26(11-13-27)20(28)15-32-22-24-17(3)19(21(29)25(22)4)14-18-9-7-6-8-16(18)2/h6-9H,5,10-15H2,1-4H3. The first kappa shape index (κ1) is 23.8. The van der Waals surface area contributed by atoms with Crippen LogP contribution in [0.1, 0.15) is 29.3 Å². The van der Waals surface area contributed by atoms with Crippen molar-refractivity contribution >= 4 is 23.8 Å². The zero-order chi connectivity index (χ0) is 23.3. The largest absolute Gasteiger partial charge is 0.450 e. The molecule has 0 radical (unpaired) electrons. The third-order valence-corrected chi connectivity index (χ3v) is 6.68. The van der Waals surface area contributed by atoms with Gasteiger partial charge in [-0.05, 0) is 31.9 Å². The summed E-state index contributed by atoms with van der Waals surface area (Å²) in [5.41, 5.74) is 3.52. The minimum Gasteiger partial charge on any atom is -0.450 e. The molecule has 3 rings (SSSR count). The second-order valence-corrected chi connectivity index (χ2v) is 8.72. The smallest absolute Gasteiger partial charge is 0.409 e. The number of benzene rings is 1. The first-order chi connectivity index (χ1) is 15.3. The lowest BCUT2D eigenvalue weighted by Gasteiger charge is -2.34. The number of ether oxygens (including phenoxy) is 1. The summed E-state index contributed by atoms with van der Waals surface area (Å²) < 4.78 is 6.54. The number of rotatable bonds is 6. The molecule has 1 aliphatic heterocycles. The summed E-state index contributed by atoms with van der Waals surface area (Å²) in [5.74, 6) is 0.158. The minimum absolute atomic E-state index is 0.0330. The molecule has 1 aliphatic rings. The van der Waals surface area contributed by atoms with Gasteiger partial charge in [-0.15, -0.1) is 0 Å². The van der Waals surface area contributed by atoms with E-state index < -0.39 is 0 Å². The Bertz CT molecular complexity index is 1040. The van der Waals surface area contributed by atoms with Crippen molar-refractivity contribution in [2.24, 2.45) is 7.05 Å². The van der Waals surface area contributed by atoms with Gasteiger partial charge in [0, 0.05) is 50.9 Å². The Morgan fingerprint density at radius 3 is 2.41 bits per heavy atom. The fraction of sp³-hybridized carbons (Fsp3) is 0.478. The maximum absolute atomic E-state index is 13.0. The van der Waals surface area contributed by atoms with Gasteiger partial charge >= 0.3 is 6.09 Å². The molecule has 2 aromatic rings. The number of thioether (sulfide) groups is 1. The first-order valence-electron chi connectivity index (χ1n) is 10.7. The third kappa shape index (κ3) is 5.51. The highest BCUT2D eigenvalue weighted by atomic mass is 32.2. The van der Waals surface area contributed by atoms with Crippen LogP contribution >= 0.6 is 11.8 Å². The molecule has 1 fully saturated rings. The zero-order valence-corrected chi connectivity index (χ0v) is 19.9. The van der Waals surface area contributed by atoms with Crippen LogP contribution in [0.2, 0.25) is 0 Å². The van der Waals surface area contributed by atoms with E-state index in [0.29, 0.717) is 55.6 Å². The minimum atomic E-state index is -0.338. The predicted molar refractivity (Wildman–Crippen MR) is 124 cm³/mol. The Balaban J connectivity index is 1.62. The molecule has 32 heavy (non-hydrogen) atoms. The molecule has 172 valence electrons. The van der Waals surface area contributed by atoms with Crippen molar-refractivity contribution in [2.45, 2.75) is 32.3 Å². The van der Waals surface area contributed by atoms with Crippen LogP contribution in [0.4, 0.5) is 4.79 Å². The Hall–Kier alpha value is -2.81. The van der Waals surface area contributed by atoms with Gasteiger partial charge < -0.3 is 14.5 Å². The number of hydrogen-bond acceptors (Lipinski definition) is 6. The molecule has 1 aromatic heterocycles. The topological polar surface area (TPSA) is 84.7 Å². The van der Waals surface area contributed by atoms with Gasteiger partial charge in [0.2, 0.25) is 5.91 Å². The molecule has 0 bridgehead atoms. The molecule has 9 heteroatoms. The number of carbonyl (C=O) groups excluding carboxylic acids is 2. The summed E-state index contributed by atoms with van der Waals surface area (Å²) in [6.45, 7) is 7.84. The summed E-state index contributed by atoms with van der Waals surface area (Å²) in [4.78, 5) is 45.4. The normalized spacial score (nSPS) is 13.9.